The van der Waals surface area contributed by atoms with E-state index in [1.54, 1.807) is 6.33 Å². The molecule has 0 atom stereocenters. The Bertz CT molecular complexity index is 630. The van der Waals surface area contributed by atoms with Crippen molar-refractivity contribution >= 4 is 11.5 Å². The molecule has 0 unspecified atom stereocenters. The maximum atomic E-state index is 7.72. The van der Waals surface area contributed by atoms with Crippen molar-refractivity contribution in [2.75, 3.05) is 11.4 Å². The first-order valence-electron chi connectivity index (χ1n) is 6.22. The number of hydrogen-bond donors (Lipinski definition) is 2. The molecule has 1 aromatic heterocycles. The molecule has 6 nitrogen and oxygen atoms in total. The third-order valence-corrected chi connectivity index (χ3v) is 3.48. The number of nitrogen functional groups attached to an aromatic ring is 1. The van der Waals surface area contributed by atoms with Crippen LogP contribution < -0.4 is 10.6 Å². The Hall–Kier alpha value is -2.37. The van der Waals surface area contributed by atoms with Gasteiger partial charge in [0, 0.05) is 18.7 Å². The molecule has 1 aliphatic rings. The fraction of sp³-hybridized carbons (Fsp3) is 0.308. The van der Waals surface area contributed by atoms with Crippen LogP contribution in [0.4, 0.5) is 5.69 Å². The smallest absolute Gasteiger partial charge is 0.152 e. The summed E-state index contributed by atoms with van der Waals surface area (Å²) in [4.78, 5) is 2.22. The summed E-state index contributed by atoms with van der Waals surface area (Å²) in [6.45, 7) is 4.47. The molecule has 3 N–H and O–H groups in total. The van der Waals surface area contributed by atoms with Crippen LogP contribution in [-0.4, -0.2) is 27.1 Å². The Morgan fingerprint density at radius 1 is 1.37 bits per heavy atom. The Morgan fingerprint density at radius 3 is 3.00 bits per heavy atom. The van der Waals surface area contributed by atoms with Crippen molar-refractivity contribution in [3.8, 4) is 0 Å². The van der Waals surface area contributed by atoms with E-state index in [9.17, 15) is 0 Å². The average molecular weight is 256 g/mol. The molecule has 0 bridgehead atoms. The fourth-order valence-corrected chi connectivity index (χ4v) is 2.55. The number of nitrogens with zero attached hydrogens (tertiary/aromatic N) is 4. The van der Waals surface area contributed by atoms with Crippen molar-refractivity contribution in [2.45, 2.75) is 20.0 Å². The van der Waals surface area contributed by atoms with Crippen molar-refractivity contribution in [1.29, 1.82) is 5.41 Å². The molecule has 0 fully saturated rings. The topological polar surface area (TPSA) is 83.8 Å². The normalized spacial score (nSPS) is 14.3. The van der Waals surface area contributed by atoms with E-state index in [0.29, 0.717) is 6.54 Å². The van der Waals surface area contributed by atoms with E-state index in [1.165, 1.54) is 0 Å². The van der Waals surface area contributed by atoms with Gasteiger partial charge in [0.2, 0.25) is 0 Å². The largest absolute Gasteiger partial charge is 0.384 e. The highest BCUT2D eigenvalue weighted by Crippen LogP contribution is 2.27. The molecule has 0 saturated heterocycles. The zero-order chi connectivity index (χ0) is 13.4. The zero-order valence-electron chi connectivity index (χ0n) is 10.8. The quantitative estimate of drug-likeness (QED) is 0.617. The standard InChI is InChI=1S/C13H16N6/c1-9-3-2-4-10(13(14)15)12(9)18-5-6-19-8-16-17-11(19)7-18/h2-4,8H,5-7H2,1H3,(H3,14,15). The second-order valence-corrected chi connectivity index (χ2v) is 4.75. The first kappa shape index (κ1) is 11.7. The molecule has 0 aliphatic carbocycles. The van der Waals surface area contributed by atoms with Gasteiger partial charge >= 0.3 is 0 Å². The van der Waals surface area contributed by atoms with E-state index in [2.05, 4.69) is 19.7 Å². The van der Waals surface area contributed by atoms with Crippen LogP contribution in [0.1, 0.15) is 17.0 Å². The van der Waals surface area contributed by atoms with Gasteiger partial charge in [-0.25, -0.2) is 0 Å². The molecule has 0 spiro atoms. The van der Waals surface area contributed by atoms with Gasteiger partial charge in [-0.3, -0.25) is 5.41 Å². The predicted octanol–water partition coefficient (Wildman–Crippen LogP) is 0.891. The summed E-state index contributed by atoms with van der Waals surface area (Å²) in [6, 6.07) is 5.87. The lowest BCUT2D eigenvalue weighted by Crippen LogP contribution is -2.35. The SMILES string of the molecule is Cc1cccc(C(=N)N)c1N1CCn2cnnc2C1. The van der Waals surface area contributed by atoms with Gasteiger partial charge in [-0.1, -0.05) is 12.1 Å². The number of para-hydroxylation sites is 1. The number of nitrogens with one attached hydrogen (secondary N) is 1. The second kappa shape index (κ2) is 4.38. The lowest BCUT2D eigenvalue weighted by Gasteiger charge is -2.31. The Kier molecular flexibility index (Phi) is 2.70. The molecule has 2 heterocycles. The maximum absolute atomic E-state index is 7.72. The number of hydrogen-bond acceptors (Lipinski definition) is 4. The molecule has 3 rings (SSSR count). The van der Waals surface area contributed by atoms with E-state index < -0.39 is 0 Å². The Balaban J connectivity index is 2.02. The lowest BCUT2D eigenvalue weighted by atomic mass is 10.1. The molecular weight excluding hydrogens is 240 g/mol. The Labute approximate surface area is 111 Å². The van der Waals surface area contributed by atoms with Crippen molar-refractivity contribution in [3.63, 3.8) is 0 Å². The summed E-state index contributed by atoms with van der Waals surface area (Å²) in [5.41, 5.74) is 8.63. The van der Waals surface area contributed by atoms with E-state index in [1.807, 2.05) is 25.1 Å². The number of aromatic nitrogens is 3. The van der Waals surface area contributed by atoms with Gasteiger partial charge in [0.1, 0.15) is 12.2 Å². The van der Waals surface area contributed by atoms with E-state index >= 15 is 0 Å². The minimum absolute atomic E-state index is 0.103. The molecular formula is C13H16N6. The van der Waals surface area contributed by atoms with Crippen LogP contribution in [0.2, 0.25) is 0 Å². The molecule has 1 aliphatic heterocycles. The number of amidine groups is 1. The number of aryl methyl sites for hydroxylation is 1. The molecule has 2 aromatic rings. The van der Waals surface area contributed by atoms with Gasteiger partial charge in [-0.15, -0.1) is 10.2 Å². The lowest BCUT2D eigenvalue weighted by molar-refractivity contribution is 0.559. The summed E-state index contributed by atoms with van der Waals surface area (Å²) < 4.78 is 2.06. The first-order valence-corrected chi connectivity index (χ1v) is 6.22. The van der Waals surface area contributed by atoms with Crippen molar-refractivity contribution in [2.24, 2.45) is 5.73 Å². The molecule has 98 valence electrons. The van der Waals surface area contributed by atoms with Gasteiger partial charge in [0.25, 0.3) is 0 Å². The molecule has 1 aromatic carbocycles. The van der Waals surface area contributed by atoms with Crippen molar-refractivity contribution in [3.05, 3.63) is 41.5 Å². The van der Waals surface area contributed by atoms with Gasteiger partial charge < -0.3 is 15.2 Å². The summed E-state index contributed by atoms with van der Waals surface area (Å²) in [7, 11) is 0. The van der Waals surface area contributed by atoms with Crippen LogP contribution in [0.5, 0.6) is 0 Å². The molecule has 19 heavy (non-hydrogen) atoms. The van der Waals surface area contributed by atoms with Gasteiger partial charge in [0.05, 0.1) is 12.2 Å². The number of fused-ring (bicyclic) bond motifs is 1. The van der Waals surface area contributed by atoms with Crippen LogP contribution in [0.15, 0.2) is 24.5 Å². The minimum atomic E-state index is 0.103. The number of benzene rings is 1. The highest BCUT2D eigenvalue weighted by molar-refractivity contribution is 6.01. The monoisotopic (exact) mass is 256 g/mol. The zero-order valence-corrected chi connectivity index (χ0v) is 10.8. The van der Waals surface area contributed by atoms with Crippen molar-refractivity contribution in [1.82, 2.24) is 14.8 Å². The summed E-state index contributed by atoms with van der Waals surface area (Å²) in [5.74, 6) is 1.05. The highest BCUT2D eigenvalue weighted by atomic mass is 15.3. The predicted molar refractivity (Wildman–Crippen MR) is 73.3 cm³/mol. The second-order valence-electron chi connectivity index (χ2n) is 4.75. The van der Waals surface area contributed by atoms with E-state index in [-0.39, 0.29) is 5.84 Å². The number of anilines is 1. The van der Waals surface area contributed by atoms with Crippen LogP contribution >= 0.6 is 0 Å². The number of nitrogens with two attached hydrogens (primary N) is 1. The van der Waals surface area contributed by atoms with Crippen LogP contribution in [0, 0.1) is 12.3 Å². The van der Waals surface area contributed by atoms with Gasteiger partial charge in [-0.2, -0.15) is 0 Å². The average Bonchev–Trinajstić information content (AvgIpc) is 2.85. The summed E-state index contributed by atoms with van der Waals surface area (Å²) >= 11 is 0. The fourth-order valence-electron chi connectivity index (χ4n) is 2.55. The van der Waals surface area contributed by atoms with E-state index in [4.69, 9.17) is 11.1 Å². The van der Waals surface area contributed by atoms with Crippen LogP contribution in [0.3, 0.4) is 0 Å². The number of rotatable bonds is 2. The maximum Gasteiger partial charge on any atom is 0.152 e. The third-order valence-electron chi connectivity index (χ3n) is 3.48. The van der Waals surface area contributed by atoms with E-state index in [0.717, 1.165) is 35.7 Å². The molecule has 6 heteroatoms. The van der Waals surface area contributed by atoms with Gasteiger partial charge in [0.15, 0.2) is 5.82 Å². The molecule has 0 saturated carbocycles. The minimum Gasteiger partial charge on any atom is -0.384 e. The Morgan fingerprint density at radius 2 is 2.21 bits per heavy atom. The summed E-state index contributed by atoms with van der Waals surface area (Å²) in [6.07, 6.45) is 1.76. The van der Waals surface area contributed by atoms with Crippen molar-refractivity contribution < 1.29 is 0 Å². The summed E-state index contributed by atoms with van der Waals surface area (Å²) in [5, 5.41) is 15.8. The van der Waals surface area contributed by atoms with Crippen LogP contribution in [-0.2, 0) is 13.1 Å². The van der Waals surface area contributed by atoms with Gasteiger partial charge in [-0.05, 0) is 18.6 Å². The third kappa shape index (κ3) is 1.95. The van der Waals surface area contributed by atoms with Crippen LogP contribution in [0.25, 0.3) is 0 Å². The molecule has 0 amide bonds. The highest BCUT2D eigenvalue weighted by Gasteiger charge is 2.21. The first-order chi connectivity index (χ1) is 9.16. The molecule has 0 radical (unpaired) electrons.